The number of aromatic nitrogens is 2. The van der Waals surface area contributed by atoms with Crippen molar-refractivity contribution in [3.63, 3.8) is 0 Å². The van der Waals surface area contributed by atoms with E-state index in [2.05, 4.69) is 41.4 Å². The second-order valence-electron chi connectivity index (χ2n) is 9.80. The lowest BCUT2D eigenvalue weighted by molar-refractivity contribution is -0.132. The molecule has 4 aromatic rings. The smallest absolute Gasteiger partial charge is 0.301 e. The number of ether oxygens (including phenoxy) is 2. The third-order valence-corrected chi connectivity index (χ3v) is 8.96. The Morgan fingerprint density at radius 2 is 1.79 bits per heavy atom. The largest absolute Gasteiger partial charge is 0.507 e. The summed E-state index contributed by atoms with van der Waals surface area (Å²) in [5.74, 6) is 0.0476. The molecule has 0 spiro atoms. The van der Waals surface area contributed by atoms with E-state index in [0.717, 1.165) is 18.4 Å². The molecule has 0 aliphatic carbocycles. The van der Waals surface area contributed by atoms with Gasteiger partial charge in [0.1, 0.15) is 17.3 Å². The minimum absolute atomic E-state index is 0.0278. The van der Waals surface area contributed by atoms with Crippen LogP contribution in [0.5, 0.6) is 11.5 Å². The number of hydrogen-bond donors (Lipinski definition) is 1. The summed E-state index contributed by atoms with van der Waals surface area (Å²) in [6.07, 6.45) is 1.89. The molecule has 0 saturated carbocycles. The second-order valence-corrected chi connectivity index (χ2v) is 12.0. The molecule has 1 atom stereocenters. The van der Waals surface area contributed by atoms with Gasteiger partial charge < -0.3 is 14.6 Å². The minimum atomic E-state index is -0.926. The maximum absolute atomic E-state index is 13.6. The Labute approximate surface area is 253 Å². The van der Waals surface area contributed by atoms with Crippen LogP contribution in [0.2, 0.25) is 0 Å². The molecule has 1 aliphatic heterocycles. The molecule has 216 valence electrons. The van der Waals surface area contributed by atoms with Crippen LogP contribution in [0.3, 0.4) is 0 Å². The average molecular weight is 602 g/mol. The zero-order chi connectivity index (χ0) is 29.6. The summed E-state index contributed by atoms with van der Waals surface area (Å²) in [4.78, 5) is 28.4. The quantitative estimate of drug-likeness (QED) is 0.0492. The van der Waals surface area contributed by atoms with Crippen LogP contribution in [0.1, 0.15) is 48.1 Å². The summed E-state index contributed by atoms with van der Waals surface area (Å²) >= 11 is 2.74. The standard InChI is InChI=1S/C32H31N3O5S2/c1-4-5-17-40-25-8-6-7-23(18-25)27-26(28(36)22-13-15-24(39-3)16-14-22)29(37)30(38)35(27)31-33-34-32(42-31)41-19-21-11-9-20(2)10-12-21/h6-16,18,27,36H,4-5,17,19H2,1-3H3/b28-26+. The van der Waals surface area contributed by atoms with E-state index in [1.807, 2.05) is 25.1 Å². The fraction of sp³-hybridized carbons (Fsp3) is 0.250. The highest BCUT2D eigenvalue weighted by atomic mass is 32.2. The van der Waals surface area contributed by atoms with Crippen LogP contribution in [0.4, 0.5) is 5.13 Å². The van der Waals surface area contributed by atoms with E-state index in [-0.39, 0.29) is 16.5 Å². The van der Waals surface area contributed by atoms with Gasteiger partial charge in [-0.05, 0) is 60.9 Å². The number of anilines is 1. The molecule has 8 nitrogen and oxygen atoms in total. The van der Waals surface area contributed by atoms with Gasteiger partial charge in [0.2, 0.25) is 5.13 Å². The number of carbonyl (C=O) groups is 2. The van der Waals surface area contributed by atoms with E-state index >= 15 is 0 Å². The summed E-state index contributed by atoms with van der Waals surface area (Å²) < 4.78 is 11.8. The molecule has 5 rings (SSSR count). The van der Waals surface area contributed by atoms with E-state index < -0.39 is 17.7 Å². The van der Waals surface area contributed by atoms with Crippen LogP contribution in [-0.4, -0.2) is 40.7 Å². The number of thioether (sulfide) groups is 1. The number of methoxy groups -OCH3 is 1. The zero-order valence-corrected chi connectivity index (χ0v) is 25.2. The van der Waals surface area contributed by atoms with Gasteiger partial charge in [-0.25, -0.2) is 0 Å². The van der Waals surface area contributed by atoms with Crippen molar-refractivity contribution in [2.45, 2.75) is 42.8 Å². The van der Waals surface area contributed by atoms with Gasteiger partial charge in [-0.2, -0.15) is 0 Å². The maximum atomic E-state index is 13.6. The van der Waals surface area contributed by atoms with Crippen molar-refractivity contribution >= 4 is 45.7 Å². The molecule has 1 aliphatic rings. The van der Waals surface area contributed by atoms with Crippen molar-refractivity contribution in [3.8, 4) is 11.5 Å². The number of ketones is 1. The summed E-state index contributed by atoms with van der Waals surface area (Å²) in [7, 11) is 1.55. The van der Waals surface area contributed by atoms with Crippen molar-refractivity contribution in [3.05, 3.63) is 101 Å². The second kappa shape index (κ2) is 13.2. The Hall–Kier alpha value is -4.15. The lowest BCUT2D eigenvalue weighted by atomic mass is 9.95. The summed E-state index contributed by atoms with van der Waals surface area (Å²) in [6.45, 7) is 4.67. The van der Waals surface area contributed by atoms with Crippen molar-refractivity contribution in [1.29, 1.82) is 0 Å². The molecule has 0 radical (unpaired) electrons. The molecule has 0 bridgehead atoms. The van der Waals surface area contributed by atoms with Crippen molar-refractivity contribution in [2.75, 3.05) is 18.6 Å². The molecular formula is C32H31N3O5S2. The Morgan fingerprint density at radius 3 is 2.50 bits per heavy atom. The zero-order valence-electron chi connectivity index (χ0n) is 23.6. The first-order valence-corrected chi connectivity index (χ1v) is 15.4. The molecule has 1 aromatic heterocycles. The summed E-state index contributed by atoms with van der Waals surface area (Å²) in [5, 5.41) is 20.3. The van der Waals surface area contributed by atoms with Crippen LogP contribution in [0.15, 0.2) is 82.7 Å². The van der Waals surface area contributed by atoms with Gasteiger partial charge in [0.15, 0.2) is 4.34 Å². The molecule has 42 heavy (non-hydrogen) atoms. The maximum Gasteiger partial charge on any atom is 0.301 e. The third kappa shape index (κ3) is 6.34. The lowest BCUT2D eigenvalue weighted by Gasteiger charge is -2.23. The lowest BCUT2D eigenvalue weighted by Crippen LogP contribution is -2.29. The van der Waals surface area contributed by atoms with E-state index in [1.54, 1.807) is 37.4 Å². The molecule has 10 heteroatoms. The van der Waals surface area contributed by atoms with Crippen LogP contribution in [0, 0.1) is 6.92 Å². The van der Waals surface area contributed by atoms with Crippen LogP contribution >= 0.6 is 23.1 Å². The van der Waals surface area contributed by atoms with Gasteiger partial charge in [-0.15, -0.1) is 10.2 Å². The van der Waals surface area contributed by atoms with Gasteiger partial charge in [0.25, 0.3) is 5.78 Å². The van der Waals surface area contributed by atoms with E-state index in [9.17, 15) is 14.7 Å². The average Bonchev–Trinajstić information content (AvgIpc) is 3.58. The summed E-state index contributed by atoms with van der Waals surface area (Å²) in [6, 6.07) is 21.2. The van der Waals surface area contributed by atoms with Crippen LogP contribution < -0.4 is 14.4 Å². The van der Waals surface area contributed by atoms with Gasteiger partial charge in [0.05, 0.1) is 25.3 Å². The van der Waals surface area contributed by atoms with Crippen LogP contribution in [0.25, 0.3) is 5.76 Å². The van der Waals surface area contributed by atoms with Crippen molar-refractivity contribution in [2.24, 2.45) is 0 Å². The fourth-order valence-corrected chi connectivity index (χ4v) is 6.37. The molecule has 1 N–H and O–H groups in total. The van der Waals surface area contributed by atoms with E-state index in [0.29, 0.717) is 39.3 Å². The number of carbonyl (C=O) groups excluding carboxylic acids is 2. The molecule has 2 heterocycles. The Balaban J connectivity index is 1.53. The van der Waals surface area contributed by atoms with Gasteiger partial charge in [-0.1, -0.05) is 78.4 Å². The molecule has 1 amide bonds. The van der Waals surface area contributed by atoms with Crippen LogP contribution in [-0.2, 0) is 15.3 Å². The molecule has 1 fully saturated rings. The number of amides is 1. The number of aliphatic hydroxyl groups excluding tert-OH is 1. The Morgan fingerprint density at radius 1 is 1.02 bits per heavy atom. The van der Waals surface area contributed by atoms with Gasteiger partial charge in [-0.3, -0.25) is 14.5 Å². The number of aryl methyl sites for hydroxylation is 1. The third-order valence-electron chi connectivity index (χ3n) is 6.83. The van der Waals surface area contributed by atoms with E-state index in [1.165, 1.54) is 33.6 Å². The number of unbranched alkanes of at least 4 members (excludes halogenated alkanes) is 1. The monoisotopic (exact) mass is 601 g/mol. The molecule has 1 saturated heterocycles. The number of Topliss-reactive ketones (excluding diaryl/α,β-unsaturated/α-hetero) is 1. The first-order chi connectivity index (χ1) is 20.4. The number of hydrogen-bond acceptors (Lipinski definition) is 9. The highest BCUT2D eigenvalue weighted by molar-refractivity contribution is 8.00. The number of nitrogens with zero attached hydrogens (tertiary/aromatic N) is 3. The topological polar surface area (TPSA) is 102 Å². The molecule has 3 aromatic carbocycles. The SMILES string of the molecule is CCCCOc1cccc(C2/C(=C(\O)c3ccc(OC)cc3)C(=O)C(=O)N2c2nnc(SCc3ccc(C)cc3)s2)c1. The fourth-order valence-electron chi connectivity index (χ4n) is 4.55. The summed E-state index contributed by atoms with van der Waals surface area (Å²) in [5.41, 5.74) is 3.30. The Kier molecular flexibility index (Phi) is 9.24. The predicted octanol–water partition coefficient (Wildman–Crippen LogP) is 6.95. The van der Waals surface area contributed by atoms with E-state index in [4.69, 9.17) is 9.47 Å². The first kappa shape index (κ1) is 29.3. The Bertz CT molecular complexity index is 1600. The normalized spacial score (nSPS) is 16.2. The number of rotatable bonds is 11. The first-order valence-electron chi connectivity index (χ1n) is 13.6. The molecular weight excluding hydrogens is 571 g/mol. The minimum Gasteiger partial charge on any atom is -0.507 e. The highest BCUT2D eigenvalue weighted by Crippen LogP contribution is 2.44. The predicted molar refractivity (Wildman–Crippen MR) is 165 cm³/mol. The number of aliphatic hydroxyl groups is 1. The highest BCUT2D eigenvalue weighted by Gasteiger charge is 2.48. The molecule has 1 unspecified atom stereocenters. The van der Waals surface area contributed by atoms with Crippen molar-refractivity contribution in [1.82, 2.24) is 10.2 Å². The van der Waals surface area contributed by atoms with Gasteiger partial charge in [0, 0.05) is 11.3 Å². The van der Waals surface area contributed by atoms with Crippen molar-refractivity contribution < 1.29 is 24.2 Å². The number of benzene rings is 3. The van der Waals surface area contributed by atoms with Gasteiger partial charge >= 0.3 is 5.91 Å².